The van der Waals surface area contributed by atoms with Crippen LogP contribution in [0.15, 0.2) is 0 Å². The van der Waals surface area contributed by atoms with Crippen LogP contribution in [0.1, 0.15) is 27.7 Å². The Morgan fingerprint density at radius 1 is 1.50 bits per heavy atom. The minimum absolute atomic E-state index is 0.140. The summed E-state index contributed by atoms with van der Waals surface area (Å²) in [6.45, 7) is 8.78. The third-order valence-corrected chi connectivity index (χ3v) is 2.26. The van der Waals surface area contributed by atoms with Gasteiger partial charge in [-0.3, -0.25) is 4.79 Å². The van der Waals surface area contributed by atoms with Gasteiger partial charge in [-0.25, -0.2) is 0 Å². The van der Waals surface area contributed by atoms with Gasteiger partial charge in [-0.15, -0.1) is 0 Å². The summed E-state index contributed by atoms with van der Waals surface area (Å²) >= 11 is 0. The first-order chi connectivity index (χ1) is 5.41. The number of carbonyl (C=O) groups is 1. The van der Waals surface area contributed by atoms with E-state index in [1.54, 1.807) is 0 Å². The third kappa shape index (κ3) is 1.97. The highest BCUT2D eigenvalue weighted by Crippen LogP contribution is 2.14. The number of nitrogens with one attached hydrogen (secondary N) is 2. The predicted molar refractivity (Wildman–Crippen MR) is 48.9 cm³/mol. The lowest BCUT2D eigenvalue weighted by Crippen LogP contribution is -2.64. The molecule has 0 aliphatic carbocycles. The van der Waals surface area contributed by atoms with Crippen LogP contribution in [-0.2, 0) is 4.79 Å². The van der Waals surface area contributed by atoms with Crippen LogP contribution in [0, 0.1) is 5.41 Å². The Bertz CT molecular complexity index is 183. The monoisotopic (exact) mass is 170 g/mol. The second-order valence-corrected chi connectivity index (χ2v) is 4.53. The molecule has 1 saturated heterocycles. The molecule has 12 heavy (non-hydrogen) atoms. The van der Waals surface area contributed by atoms with E-state index in [1.165, 1.54) is 0 Å². The fraction of sp³-hybridized carbons (Fsp3) is 0.889. The highest BCUT2D eigenvalue weighted by Gasteiger charge is 2.31. The summed E-state index contributed by atoms with van der Waals surface area (Å²) in [7, 11) is 0. The Labute approximate surface area is 73.9 Å². The van der Waals surface area contributed by atoms with Gasteiger partial charge in [0, 0.05) is 18.0 Å². The largest absolute Gasteiger partial charge is 0.350 e. The molecular formula is C9H18N2O. The fourth-order valence-corrected chi connectivity index (χ4v) is 1.03. The van der Waals surface area contributed by atoms with Crippen molar-refractivity contribution >= 4 is 5.91 Å². The van der Waals surface area contributed by atoms with E-state index in [1.807, 2.05) is 20.8 Å². The number of hydrogen-bond acceptors (Lipinski definition) is 2. The average molecular weight is 170 g/mol. The van der Waals surface area contributed by atoms with Gasteiger partial charge in [0.1, 0.15) is 0 Å². The summed E-state index contributed by atoms with van der Waals surface area (Å²) < 4.78 is 0. The van der Waals surface area contributed by atoms with Crippen LogP contribution >= 0.6 is 0 Å². The first kappa shape index (κ1) is 9.52. The van der Waals surface area contributed by atoms with E-state index < -0.39 is 0 Å². The van der Waals surface area contributed by atoms with Gasteiger partial charge in [0.15, 0.2) is 0 Å². The van der Waals surface area contributed by atoms with Gasteiger partial charge in [0.2, 0.25) is 5.91 Å². The zero-order valence-corrected chi connectivity index (χ0v) is 8.27. The first-order valence-electron chi connectivity index (χ1n) is 4.45. The predicted octanol–water partition coefficient (Wildman–Crippen LogP) is 0.509. The average Bonchev–Trinajstić information content (AvgIpc) is 1.95. The zero-order valence-electron chi connectivity index (χ0n) is 8.27. The molecule has 2 N–H and O–H groups in total. The SMILES string of the molecule is CC1NCC1NC(=O)C(C)(C)C. The van der Waals surface area contributed by atoms with Crippen molar-refractivity contribution in [1.29, 1.82) is 0 Å². The van der Waals surface area contributed by atoms with Crippen molar-refractivity contribution in [1.82, 2.24) is 10.6 Å². The molecule has 1 aliphatic heterocycles. The molecule has 3 nitrogen and oxygen atoms in total. The van der Waals surface area contributed by atoms with Gasteiger partial charge in [-0.05, 0) is 6.92 Å². The third-order valence-electron chi connectivity index (χ3n) is 2.26. The molecule has 1 aliphatic rings. The van der Waals surface area contributed by atoms with Crippen LogP contribution in [0.25, 0.3) is 0 Å². The van der Waals surface area contributed by atoms with E-state index in [4.69, 9.17) is 0 Å². The Hall–Kier alpha value is -0.570. The van der Waals surface area contributed by atoms with Crippen molar-refractivity contribution in [3.63, 3.8) is 0 Å². The van der Waals surface area contributed by atoms with Gasteiger partial charge in [-0.2, -0.15) is 0 Å². The normalized spacial score (nSPS) is 29.3. The van der Waals surface area contributed by atoms with Crippen LogP contribution in [-0.4, -0.2) is 24.5 Å². The van der Waals surface area contributed by atoms with Gasteiger partial charge in [0.25, 0.3) is 0 Å². The number of amides is 1. The van der Waals surface area contributed by atoms with E-state index in [-0.39, 0.29) is 11.3 Å². The molecular weight excluding hydrogens is 152 g/mol. The summed E-state index contributed by atoms with van der Waals surface area (Å²) in [4.78, 5) is 11.5. The van der Waals surface area contributed by atoms with E-state index in [0.717, 1.165) is 6.54 Å². The first-order valence-corrected chi connectivity index (χ1v) is 4.45. The minimum atomic E-state index is -0.269. The Morgan fingerprint density at radius 2 is 2.08 bits per heavy atom. The van der Waals surface area contributed by atoms with E-state index in [0.29, 0.717) is 12.1 Å². The van der Waals surface area contributed by atoms with Gasteiger partial charge in [-0.1, -0.05) is 20.8 Å². The topological polar surface area (TPSA) is 41.1 Å². The van der Waals surface area contributed by atoms with Crippen molar-refractivity contribution in [2.75, 3.05) is 6.54 Å². The Morgan fingerprint density at radius 3 is 2.33 bits per heavy atom. The molecule has 1 rings (SSSR count). The quantitative estimate of drug-likeness (QED) is 0.602. The molecule has 1 fully saturated rings. The number of rotatable bonds is 1. The second-order valence-electron chi connectivity index (χ2n) is 4.53. The van der Waals surface area contributed by atoms with Crippen LogP contribution in [0.5, 0.6) is 0 Å². The van der Waals surface area contributed by atoms with Crippen LogP contribution in [0.2, 0.25) is 0 Å². The summed E-state index contributed by atoms with van der Waals surface area (Å²) in [6.07, 6.45) is 0. The summed E-state index contributed by atoms with van der Waals surface area (Å²) in [5.41, 5.74) is -0.269. The molecule has 1 heterocycles. The number of carbonyl (C=O) groups excluding carboxylic acids is 1. The van der Waals surface area contributed by atoms with Crippen LogP contribution in [0.4, 0.5) is 0 Å². The minimum Gasteiger partial charge on any atom is -0.350 e. The van der Waals surface area contributed by atoms with Crippen LogP contribution < -0.4 is 10.6 Å². The highest BCUT2D eigenvalue weighted by atomic mass is 16.2. The lowest BCUT2D eigenvalue weighted by molar-refractivity contribution is -0.129. The van der Waals surface area contributed by atoms with E-state index in [2.05, 4.69) is 17.6 Å². The molecule has 0 aromatic carbocycles. The molecule has 2 unspecified atom stereocenters. The lowest BCUT2D eigenvalue weighted by Gasteiger charge is -2.37. The van der Waals surface area contributed by atoms with E-state index in [9.17, 15) is 4.79 Å². The van der Waals surface area contributed by atoms with Gasteiger partial charge >= 0.3 is 0 Å². The molecule has 0 aromatic heterocycles. The van der Waals surface area contributed by atoms with Crippen molar-refractivity contribution in [2.24, 2.45) is 5.41 Å². The summed E-state index contributed by atoms with van der Waals surface area (Å²) in [6, 6.07) is 0.757. The number of hydrogen-bond donors (Lipinski definition) is 2. The molecule has 0 radical (unpaired) electrons. The molecule has 0 aromatic rings. The molecule has 3 heteroatoms. The van der Waals surface area contributed by atoms with Gasteiger partial charge in [0.05, 0.1) is 6.04 Å². The molecule has 0 bridgehead atoms. The standard InChI is InChI=1S/C9H18N2O/c1-6-7(5-10-6)11-8(12)9(2,3)4/h6-7,10H,5H2,1-4H3,(H,11,12). The highest BCUT2D eigenvalue weighted by molar-refractivity contribution is 5.81. The smallest absolute Gasteiger partial charge is 0.225 e. The van der Waals surface area contributed by atoms with Crippen molar-refractivity contribution in [3.05, 3.63) is 0 Å². The Kier molecular flexibility index (Phi) is 2.42. The second kappa shape index (κ2) is 3.05. The van der Waals surface area contributed by atoms with E-state index >= 15 is 0 Å². The molecule has 1 amide bonds. The molecule has 70 valence electrons. The van der Waals surface area contributed by atoms with Gasteiger partial charge < -0.3 is 10.6 Å². The Balaban J connectivity index is 2.36. The maximum atomic E-state index is 11.5. The van der Waals surface area contributed by atoms with Crippen molar-refractivity contribution < 1.29 is 4.79 Å². The maximum absolute atomic E-state index is 11.5. The summed E-state index contributed by atoms with van der Waals surface area (Å²) in [5, 5.41) is 6.21. The lowest BCUT2D eigenvalue weighted by atomic mass is 9.93. The molecule has 0 saturated carbocycles. The van der Waals surface area contributed by atoms with Crippen molar-refractivity contribution in [2.45, 2.75) is 39.8 Å². The van der Waals surface area contributed by atoms with Crippen LogP contribution in [0.3, 0.4) is 0 Å². The molecule has 0 spiro atoms. The zero-order chi connectivity index (χ0) is 9.35. The molecule has 2 atom stereocenters. The summed E-state index contributed by atoms with van der Waals surface area (Å²) in [5.74, 6) is 0.140. The fourth-order valence-electron chi connectivity index (χ4n) is 1.03. The maximum Gasteiger partial charge on any atom is 0.225 e. The van der Waals surface area contributed by atoms with Crippen molar-refractivity contribution in [3.8, 4) is 0 Å².